The molecule has 3 aromatic carbocycles. The Bertz CT molecular complexity index is 1080. The molecule has 3 aromatic rings. The Morgan fingerprint density at radius 1 is 1.09 bits per heavy atom. The lowest BCUT2D eigenvalue weighted by atomic mass is 9.85. The second kappa shape index (κ2) is 12.0. The van der Waals surface area contributed by atoms with Crippen LogP contribution in [0.3, 0.4) is 0 Å². The Morgan fingerprint density at radius 3 is 2.21 bits per heavy atom. The van der Waals surface area contributed by atoms with Crippen molar-refractivity contribution in [3.05, 3.63) is 93.1 Å². The van der Waals surface area contributed by atoms with Gasteiger partial charge in [-0.05, 0) is 71.7 Å². The van der Waals surface area contributed by atoms with Crippen molar-refractivity contribution in [1.29, 1.82) is 0 Å². The molecule has 0 bridgehead atoms. The van der Waals surface area contributed by atoms with Crippen LogP contribution >= 0.6 is 22.6 Å². The number of amides is 1. The first-order valence-electron chi connectivity index (χ1n) is 11.2. The first kappa shape index (κ1) is 25.7. The number of hydrogen-bond donors (Lipinski definition) is 2. The summed E-state index contributed by atoms with van der Waals surface area (Å²) < 4.78 is 12.7. The molecule has 0 saturated heterocycles. The smallest absolute Gasteiger partial charge is 0.281 e. The summed E-state index contributed by atoms with van der Waals surface area (Å²) in [4.78, 5) is 13.2. The Morgan fingerprint density at radius 2 is 1.68 bits per heavy atom. The molecule has 0 aromatic heterocycles. The molecule has 7 heteroatoms. The van der Waals surface area contributed by atoms with Crippen LogP contribution in [-0.2, 0) is 10.4 Å². The van der Waals surface area contributed by atoms with E-state index < -0.39 is 11.5 Å². The molecule has 2 N–H and O–H groups in total. The zero-order valence-electron chi connectivity index (χ0n) is 19.5. The summed E-state index contributed by atoms with van der Waals surface area (Å²) in [7, 11) is 0. The van der Waals surface area contributed by atoms with Crippen molar-refractivity contribution in [3.63, 3.8) is 0 Å². The van der Waals surface area contributed by atoms with Crippen molar-refractivity contribution < 1.29 is 19.4 Å². The maximum absolute atomic E-state index is 13.2. The fourth-order valence-corrected chi connectivity index (χ4v) is 4.11. The molecule has 0 fully saturated rings. The van der Waals surface area contributed by atoms with Crippen molar-refractivity contribution >= 4 is 34.7 Å². The van der Waals surface area contributed by atoms with Crippen LogP contribution in [0, 0.1) is 3.57 Å². The molecule has 0 unspecified atom stereocenters. The Hall–Kier alpha value is -2.91. The van der Waals surface area contributed by atoms with E-state index in [1.54, 1.807) is 48.5 Å². The SMILES string of the molecule is CCOc1cc(/C=N\NC(=O)C(O)(c2ccccc2)c2ccccc2)cc(I)c1O[C@@H](C)CC. The molecule has 0 spiro atoms. The lowest BCUT2D eigenvalue weighted by Crippen LogP contribution is -2.43. The van der Waals surface area contributed by atoms with Gasteiger partial charge in [0.15, 0.2) is 17.1 Å². The summed E-state index contributed by atoms with van der Waals surface area (Å²) in [6.07, 6.45) is 2.45. The lowest BCUT2D eigenvalue weighted by Gasteiger charge is -2.27. The average molecular weight is 572 g/mol. The van der Waals surface area contributed by atoms with Crippen LogP contribution in [0.2, 0.25) is 0 Å². The highest BCUT2D eigenvalue weighted by molar-refractivity contribution is 14.1. The van der Waals surface area contributed by atoms with Gasteiger partial charge in [-0.15, -0.1) is 0 Å². The molecule has 0 heterocycles. The minimum atomic E-state index is -1.89. The second-order valence-electron chi connectivity index (χ2n) is 7.74. The third-order valence-corrected chi connectivity index (χ3v) is 6.12. The number of nitrogens with zero attached hydrogens (tertiary/aromatic N) is 1. The molecule has 0 saturated carbocycles. The minimum absolute atomic E-state index is 0.0557. The summed E-state index contributed by atoms with van der Waals surface area (Å²) in [6.45, 7) is 6.48. The maximum atomic E-state index is 13.2. The summed E-state index contributed by atoms with van der Waals surface area (Å²) in [5.74, 6) is 0.658. The molecule has 34 heavy (non-hydrogen) atoms. The van der Waals surface area contributed by atoms with Gasteiger partial charge in [0.05, 0.1) is 22.5 Å². The number of rotatable bonds is 10. The number of halogens is 1. The van der Waals surface area contributed by atoms with Crippen molar-refractivity contribution in [2.45, 2.75) is 38.9 Å². The largest absolute Gasteiger partial charge is 0.490 e. The molecule has 1 amide bonds. The number of aliphatic hydroxyl groups is 1. The molecule has 0 radical (unpaired) electrons. The molecule has 1 atom stereocenters. The summed E-state index contributed by atoms with van der Waals surface area (Å²) in [5, 5.41) is 15.6. The van der Waals surface area contributed by atoms with Gasteiger partial charge in [0, 0.05) is 0 Å². The number of carbonyl (C=O) groups is 1. The summed E-state index contributed by atoms with van der Waals surface area (Å²) in [5.41, 5.74) is 2.25. The third-order valence-electron chi connectivity index (χ3n) is 5.32. The van der Waals surface area contributed by atoms with Crippen molar-refractivity contribution in [3.8, 4) is 11.5 Å². The van der Waals surface area contributed by atoms with E-state index in [0.717, 1.165) is 15.6 Å². The van der Waals surface area contributed by atoms with E-state index in [9.17, 15) is 9.90 Å². The monoisotopic (exact) mass is 572 g/mol. The highest BCUT2D eigenvalue weighted by atomic mass is 127. The molecule has 0 aliphatic heterocycles. The molecular formula is C27H29IN2O4. The lowest BCUT2D eigenvalue weighted by molar-refractivity contribution is -0.136. The number of hydrazone groups is 1. The topological polar surface area (TPSA) is 80.2 Å². The van der Waals surface area contributed by atoms with Crippen LogP contribution in [-0.4, -0.2) is 29.9 Å². The Kier molecular flexibility index (Phi) is 9.06. The first-order chi connectivity index (χ1) is 16.4. The van der Waals surface area contributed by atoms with Gasteiger partial charge >= 0.3 is 0 Å². The predicted molar refractivity (Wildman–Crippen MR) is 142 cm³/mol. The van der Waals surface area contributed by atoms with Gasteiger partial charge in [-0.3, -0.25) is 4.79 Å². The van der Waals surface area contributed by atoms with Crippen LogP contribution in [0.4, 0.5) is 0 Å². The second-order valence-corrected chi connectivity index (χ2v) is 8.90. The van der Waals surface area contributed by atoms with Gasteiger partial charge in [0.2, 0.25) is 0 Å². The van der Waals surface area contributed by atoms with Gasteiger partial charge in [-0.25, -0.2) is 5.43 Å². The number of carbonyl (C=O) groups excluding carboxylic acids is 1. The highest BCUT2D eigenvalue weighted by Crippen LogP contribution is 2.35. The van der Waals surface area contributed by atoms with E-state index in [1.807, 2.05) is 38.1 Å². The number of benzene rings is 3. The molecule has 3 rings (SSSR count). The average Bonchev–Trinajstić information content (AvgIpc) is 2.86. The van der Waals surface area contributed by atoms with Gasteiger partial charge in [0.1, 0.15) is 0 Å². The molecule has 0 aliphatic rings. The number of nitrogens with one attached hydrogen (secondary N) is 1. The quantitative estimate of drug-likeness (QED) is 0.198. The first-order valence-corrected chi connectivity index (χ1v) is 12.3. The maximum Gasteiger partial charge on any atom is 0.281 e. The number of hydrogen-bond acceptors (Lipinski definition) is 5. The molecule has 178 valence electrons. The van der Waals surface area contributed by atoms with Crippen molar-refractivity contribution in [2.75, 3.05) is 6.61 Å². The fraction of sp³-hybridized carbons (Fsp3) is 0.259. The Labute approximate surface area is 214 Å². The normalized spacial score (nSPS) is 12.4. The van der Waals surface area contributed by atoms with Gasteiger partial charge < -0.3 is 14.6 Å². The minimum Gasteiger partial charge on any atom is -0.490 e. The van der Waals surface area contributed by atoms with E-state index in [2.05, 4.69) is 40.0 Å². The Balaban J connectivity index is 1.86. The predicted octanol–water partition coefficient (Wildman–Crippen LogP) is 5.25. The summed E-state index contributed by atoms with van der Waals surface area (Å²) in [6, 6.07) is 21.3. The zero-order chi connectivity index (χ0) is 24.6. The van der Waals surface area contributed by atoms with Crippen LogP contribution in [0.5, 0.6) is 11.5 Å². The van der Waals surface area contributed by atoms with Gasteiger partial charge in [-0.2, -0.15) is 5.10 Å². The summed E-state index contributed by atoms with van der Waals surface area (Å²) >= 11 is 2.20. The van der Waals surface area contributed by atoms with E-state index in [4.69, 9.17) is 9.47 Å². The van der Waals surface area contributed by atoms with E-state index >= 15 is 0 Å². The van der Waals surface area contributed by atoms with Crippen LogP contribution in [0.25, 0.3) is 0 Å². The van der Waals surface area contributed by atoms with Gasteiger partial charge in [0.25, 0.3) is 5.91 Å². The molecule has 6 nitrogen and oxygen atoms in total. The van der Waals surface area contributed by atoms with E-state index in [1.165, 1.54) is 6.21 Å². The van der Waals surface area contributed by atoms with Crippen LogP contribution in [0.15, 0.2) is 77.9 Å². The van der Waals surface area contributed by atoms with Gasteiger partial charge in [-0.1, -0.05) is 67.6 Å². The fourth-order valence-electron chi connectivity index (χ4n) is 3.36. The van der Waals surface area contributed by atoms with Crippen molar-refractivity contribution in [2.24, 2.45) is 5.10 Å². The van der Waals surface area contributed by atoms with E-state index in [0.29, 0.717) is 29.2 Å². The standard InChI is InChI=1S/C27H29IN2O4/c1-4-19(3)34-25-23(28)16-20(17-24(25)33-5-2)18-29-30-26(31)27(32,21-12-8-6-9-13-21)22-14-10-7-11-15-22/h6-19,32H,4-5H2,1-3H3,(H,30,31)/b29-18-/t19-/m0/s1. The molecular weight excluding hydrogens is 543 g/mol. The van der Waals surface area contributed by atoms with E-state index in [-0.39, 0.29) is 6.10 Å². The third kappa shape index (κ3) is 5.95. The van der Waals surface area contributed by atoms with Crippen LogP contribution < -0.4 is 14.9 Å². The number of ether oxygens (including phenoxy) is 2. The zero-order valence-corrected chi connectivity index (χ0v) is 21.7. The highest BCUT2D eigenvalue weighted by Gasteiger charge is 2.39. The van der Waals surface area contributed by atoms with Crippen LogP contribution in [0.1, 0.15) is 43.9 Å². The van der Waals surface area contributed by atoms with Crippen molar-refractivity contribution in [1.82, 2.24) is 5.43 Å². The molecule has 0 aliphatic carbocycles.